The Bertz CT molecular complexity index is 400. The van der Waals surface area contributed by atoms with E-state index < -0.39 is 42.1 Å². The zero-order chi connectivity index (χ0) is 19.7. The third-order valence-corrected chi connectivity index (χ3v) is 4.74. The molecular formula is C15H23F7O2S. The number of hydrogen-bond acceptors (Lipinski definition) is 3. The minimum absolute atomic E-state index is 0.00375. The molecule has 150 valence electrons. The number of esters is 1. The lowest BCUT2D eigenvalue weighted by molar-refractivity contribution is -0.355. The van der Waals surface area contributed by atoms with Gasteiger partial charge in [-0.2, -0.15) is 30.7 Å². The molecule has 10 heteroatoms. The molecule has 0 saturated carbocycles. The van der Waals surface area contributed by atoms with Gasteiger partial charge in [-0.15, -0.1) is 11.8 Å². The van der Waals surface area contributed by atoms with E-state index in [-0.39, 0.29) is 18.8 Å². The number of halogens is 7. The van der Waals surface area contributed by atoms with E-state index in [0.717, 1.165) is 24.6 Å². The molecule has 0 radical (unpaired) electrons. The minimum Gasteiger partial charge on any atom is -0.465 e. The van der Waals surface area contributed by atoms with Gasteiger partial charge < -0.3 is 4.74 Å². The molecule has 0 heterocycles. The summed E-state index contributed by atoms with van der Waals surface area (Å²) in [4.78, 5) is 11.7. The Balaban J connectivity index is 4.39. The normalized spacial score (nSPS) is 14.4. The lowest BCUT2D eigenvalue weighted by atomic mass is 10.0. The first kappa shape index (κ1) is 24.3. The number of carbonyl (C=O) groups excluding carboxylic acids is 1. The molecule has 0 rings (SSSR count). The van der Waals surface area contributed by atoms with Crippen LogP contribution < -0.4 is 0 Å². The fraction of sp³-hybridized carbons (Fsp3) is 0.933. The van der Waals surface area contributed by atoms with E-state index in [1.165, 1.54) is 0 Å². The van der Waals surface area contributed by atoms with E-state index in [1.807, 2.05) is 6.92 Å². The van der Waals surface area contributed by atoms with Crippen molar-refractivity contribution in [3.8, 4) is 0 Å². The summed E-state index contributed by atoms with van der Waals surface area (Å²) in [6.07, 6.45) is -6.24. The van der Waals surface area contributed by atoms with Gasteiger partial charge in [0.1, 0.15) is 5.25 Å². The third-order valence-electron chi connectivity index (χ3n) is 3.39. The van der Waals surface area contributed by atoms with Gasteiger partial charge in [0.15, 0.2) is 0 Å². The number of ether oxygens (including phenoxy) is 1. The van der Waals surface area contributed by atoms with Gasteiger partial charge in [-0.1, -0.05) is 19.8 Å². The lowest BCUT2D eigenvalue weighted by Gasteiger charge is -2.28. The Hall–Kier alpha value is -0.670. The number of alkyl halides is 7. The van der Waals surface area contributed by atoms with E-state index in [4.69, 9.17) is 4.74 Å². The number of rotatable bonds is 12. The van der Waals surface area contributed by atoms with Gasteiger partial charge in [-0.25, -0.2) is 0 Å². The van der Waals surface area contributed by atoms with Gasteiger partial charge in [-0.3, -0.25) is 4.79 Å². The van der Waals surface area contributed by atoms with Crippen LogP contribution in [0.1, 0.15) is 52.4 Å². The maximum Gasteiger partial charge on any atom is 0.459 e. The summed E-state index contributed by atoms with van der Waals surface area (Å²) in [5.74, 6) is -11.4. The molecule has 0 spiro atoms. The molecule has 1 unspecified atom stereocenters. The predicted molar refractivity (Wildman–Crippen MR) is 82.2 cm³/mol. The highest BCUT2D eigenvalue weighted by molar-refractivity contribution is 8.00. The lowest BCUT2D eigenvalue weighted by Crippen LogP contribution is -2.51. The van der Waals surface area contributed by atoms with Crippen LogP contribution in [0.25, 0.3) is 0 Å². The maximum atomic E-state index is 13.1. The molecule has 0 saturated heterocycles. The van der Waals surface area contributed by atoms with Crippen LogP contribution in [0.4, 0.5) is 30.7 Å². The molecule has 0 aliphatic rings. The van der Waals surface area contributed by atoms with Crippen LogP contribution in [0.2, 0.25) is 0 Å². The van der Waals surface area contributed by atoms with Crippen LogP contribution in [-0.2, 0) is 9.53 Å². The minimum atomic E-state index is -6.29. The quantitative estimate of drug-likeness (QED) is 0.234. The first-order valence-corrected chi connectivity index (χ1v) is 9.06. The molecule has 2 nitrogen and oxygen atoms in total. The van der Waals surface area contributed by atoms with E-state index in [0.29, 0.717) is 6.42 Å². The van der Waals surface area contributed by atoms with E-state index in [1.54, 1.807) is 6.92 Å². The van der Waals surface area contributed by atoms with E-state index >= 15 is 0 Å². The van der Waals surface area contributed by atoms with Crippen molar-refractivity contribution in [3.05, 3.63) is 0 Å². The smallest absolute Gasteiger partial charge is 0.459 e. The summed E-state index contributed by atoms with van der Waals surface area (Å²) in [6, 6.07) is 0. The van der Waals surface area contributed by atoms with Crippen molar-refractivity contribution in [2.24, 2.45) is 0 Å². The second kappa shape index (κ2) is 10.5. The fourth-order valence-corrected chi connectivity index (χ4v) is 3.13. The number of unbranched alkanes of at least 4 members (excludes halogenated alkanes) is 2. The molecule has 1 atom stereocenters. The summed E-state index contributed by atoms with van der Waals surface area (Å²) >= 11 is 1.14. The predicted octanol–water partition coefficient (Wildman–Crippen LogP) is 5.84. The van der Waals surface area contributed by atoms with E-state index in [9.17, 15) is 35.5 Å². The zero-order valence-corrected chi connectivity index (χ0v) is 14.9. The molecular weight excluding hydrogens is 377 g/mol. The Morgan fingerprint density at radius 3 is 2.08 bits per heavy atom. The molecule has 25 heavy (non-hydrogen) atoms. The van der Waals surface area contributed by atoms with Crippen LogP contribution in [0.3, 0.4) is 0 Å². The van der Waals surface area contributed by atoms with Crippen molar-refractivity contribution in [1.29, 1.82) is 0 Å². The van der Waals surface area contributed by atoms with Crippen molar-refractivity contribution >= 4 is 17.7 Å². The molecule has 0 aliphatic heterocycles. The van der Waals surface area contributed by atoms with Crippen LogP contribution in [0, 0.1) is 0 Å². The van der Waals surface area contributed by atoms with Gasteiger partial charge in [0.2, 0.25) is 0 Å². The monoisotopic (exact) mass is 400 g/mol. The number of hydrogen-bond donors (Lipinski definition) is 0. The highest BCUT2D eigenvalue weighted by Gasteiger charge is 2.72. The van der Waals surface area contributed by atoms with Crippen molar-refractivity contribution in [2.75, 3.05) is 12.4 Å². The van der Waals surface area contributed by atoms with Crippen molar-refractivity contribution in [1.82, 2.24) is 0 Å². The zero-order valence-electron chi connectivity index (χ0n) is 14.1. The Morgan fingerprint density at radius 2 is 1.60 bits per heavy atom. The number of carbonyl (C=O) groups is 1. The Labute approximate surface area is 146 Å². The van der Waals surface area contributed by atoms with Crippen molar-refractivity contribution in [2.45, 2.75) is 75.6 Å². The van der Waals surface area contributed by atoms with Crippen LogP contribution in [0.5, 0.6) is 0 Å². The fourth-order valence-electron chi connectivity index (χ4n) is 1.93. The summed E-state index contributed by atoms with van der Waals surface area (Å²) in [5, 5.41) is -0.489. The Morgan fingerprint density at radius 1 is 1.00 bits per heavy atom. The first-order chi connectivity index (χ1) is 11.4. The number of thioether (sulfide) groups is 1. The molecule has 0 aromatic heterocycles. The molecule has 0 aromatic carbocycles. The van der Waals surface area contributed by atoms with Crippen LogP contribution >= 0.6 is 11.8 Å². The molecule has 0 N–H and O–H groups in total. The maximum absolute atomic E-state index is 13.1. The third kappa shape index (κ3) is 7.62. The molecule has 0 aliphatic carbocycles. The van der Waals surface area contributed by atoms with Crippen molar-refractivity contribution < 1.29 is 40.3 Å². The van der Waals surface area contributed by atoms with Gasteiger partial charge in [0.05, 0.1) is 6.61 Å². The summed E-state index contributed by atoms with van der Waals surface area (Å²) < 4.78 is 92.6. The van der Waals surface area contributed by atoms with Gasteiger partial charge in [-0.05, 0) is 31.9 Å². The van der Waals surface area contributed by atoms with Crippen LogP contribution in [0.15, 0.2) is 0 Å². The van der Waals surface area contributed by atoms with Crippen molar-refractivity contribution in [3.63, 3.8) is 0 Å². The second-order valence-electron chi connectivity index (χ2n) is 5.49. The SMILES string of the molecule is CCCCC(SCCCCC(F)(F)C(F)(F)C(F)(F)F)C(=O)OCC. The van der Waals surface area contributed by atoms with Gasteiger partial charge in [0.25, 0.3) is 0 Å². The highest BCUT2D eigenvalue weighted by Crippen LogP contribution is 2.48. The summed E-state index contributed by atoms with van der Waals surface area (Å²) in [6.45, 7) is 3.76. The summed E-state index contributed by atoms with van der Waals surface area (Å²) in [5.41, 5.74) is 0. The van der Waals surface area contributed by atoms with E-state index in [2.05, 4.69) is 0 Å². The highest BCUT2D eigenvalue weighted by atomic mass is 32.2. The molecule has 0 aromatic rings. The average Bonchev–Trinajstić information content (AvgIpc) is 2.48. The molecule has 0 amide bonds. The standard InChI is InChI=1S/C15H23F7O2S/c1-3-5-8-11(12(23)24-4-2)25-10-7-6-9-13(16,17)14(18,19)15(20,21)22/h11H,3-10H2,1-2H3. The average molecular weight is 400 g/mol. The first-order valence-electron chi connectivity index (χ1n) is 8.01. The molecule has 0 bridgehead atoms. The van der Waals surface area contributed by atoms with Gasteiger partial charge >= 0.3 is 24.0 Å². The van der Waals surface area contributed by atoms with Crippen LogP contribution in [-0.4, -0.2) is 41.6 Å². The van der Waals surface area contributed by atoms with Gasteiger partial charge in [0, 0.05) is 6.42 Å². The largest absolute Gasteiger partial charge is 0.465 e. The Kier molecular flexibility index (Phi) is 10.2. The summed E-state index contributed by atoms with van der Waals surface area (Å²) in [7, 11) is 0. The second-order valence-corrected chi connectivity index (χ2v) is 6.80. The molecule has 0 fully saturated rings. The topological polar surface area (TPSA) is 26.3 Å².